The molecule has 0 aliphatic carbocycles. The minimum atomic E-state index is -0.797. The lowest BCUT2D eigenvalue weighted by molar-refractivity contribution is -0.0936. The third-order valence-electron chi connectivity index (χ3n) is 2.89. The number of hydrogen-bond acceptors (Lipinski definition) is 7. The summed E-state index contributed by atoms with van der Waals surface area (Å²) in [5.74, 6) is 0.139. The number of anilines is 1. The zero-order valence-corrected chi connectivity index (χ0v) is 9.89. The number of methoxy groups -OCH3 is 1. The van der Waals surface area contributed by atoms with E-state index >= 15 is 0 Å². The van der Waals surface area contributed by atoms with Gasteiger partial charge in [-0.25, -0.2) is 4.79 Å². The van der Waals surface area contributed by atoms with Gasteiger partial charge in [0.2, 0.25) is 0 Å². The van der Waals surface area contributed by atoms with Crippen molar-refractivity contribution in [2.75, 3.05) is 12.8 Å². The molecule has 0 unspecified atom stereocenters. The van der Waals surface area contributed by atoms with Crippen molar-refractivity contribution in [3.8, 4) is 0 Å². The van der Waals surface area contributed by atoms with Crippen LogP contribution in [0.3, 0.4) is 0 Å². The summed E-state index contributed by atoms with van der Waals surface area (Å²) < 4.78 is 11.7. The van der Waals surface area contributed by atoms with Crippen LogP contribution in [0.4, 0.5) is 5.82 Å². The lowest BCUT2D eigenvalue weighted by atomic mass is 10.1. The van der Waals surface area contributed by atoms with Gasteiger partial charge >= 0.3 is 5.69 Å². The van der Waals surface area contributed by atoms with E-state index in [1.807, 2.05) is 0 Å². The second kappa shape index (κ2) is 5.02. The molecule has 0 spiro atoms. The van der Waals surface area contributed by atoms with Gasteiger partial charge in [0.25, 0.3) is 0 Å². The Kier molecular flexibility index (Phi) is 3.62. The van der Waals surface area contributed by atoms with E-state index in [4.69, 9.17) is 20.9 Å². The maximum atomic E-state index is 11.6. The van der Waals surface area contributed by atoms with E-state index in [1.165, 1.54) is 23.9 Å². The first-order valence-electron chi connectivity index (χ1n) is 5.49. The SMILES string of the molecule is CO[C@H](N)[C@H]1O[C@@H](n2ccc(N)nc2=O)C[C@@H]1O. The van der Waals surface area contributed by atoms with E-state index in [-0.39, 0.29) is 12.2 Å². The van der Waals surface area contributed by atoms with Gasteiger partial charge < -0.3 is 26.0 Å². The van der Waals surface area contributed by atoms with E-state index in [9.17, 15) is 9.90 Å². The number of rotatable bonds is 3. The molecule has 8 heteroatoms. The average molecular weight is 256 g/mol. The number of aliphatic hydroxyl groups excluding tert-OH is 1. The number of ether oxygens (including phenoxy) is 2. The van der Waals surface area contributed by atoms with Crippen molar-refractivity contribution in [2.24, 2.45) is 5.73 Å². The largest absolute Gasteiger partial charge is 0.390 e. The monoisotopic (exact) mass is 256 g/mol. The molecule has 2 rings (SSSR count). The summed E-state index contributed by atoms with van der Waals surface area (Å²) >= 11 is 0. The second-order valence-electron chi connectivity index (χ2n) is 4.10. The first-order valence-corrected chi connectivity index (χ1v) is 5.49. The lowest BCUT2D eigenvalue weighted by Gasteiger charge is -2.20. The zero-order chi connectivity index (χ0) is 13.3. The highest BCUT2D eigenvalue weighted by atomic mass is 16.6. The third kappa shape index (κ3) is 2.36. The third-order valence-corrected chi connectivity index (χ3v) is 2.89. The van der Waals surface area contributed by atoms with Crippen LogP contribution in [0.1, 0.15) is 12.6 Å². The van der Waals surface area contributed by atoms with Crippen molar-refractivity contribution in [1.29, 1.82) is 0 Å². The number of nitrogens with two attached hydrogens (primary N) is 2. The zero-order valence-electron chi connectivity index (χ0n) is 9.89. The molecule has 0 amide bonds. The Balaban J connectivity index is 2.19. The Morgan fingerprint density at radius 1 is 1.72 bits per heavy atom. The number of aromatic nitrogens is 2. The van der Waals surface area contributed by atoms with Gasteiger partial charge in [-0.1, -0.05) is 0 Å². The molecule has 5 N–H and O–H groups in total. The van der Waals surface area contributed by atoms with Gasteiger partial charge in [0.15, 0.2) is 0 Å². The van der Waals surface area contributed by atoms with Crippen LogP contribution in [-0.2, 0) is 9.47 Å². The Morgan fingerprint density at radius 2 is 2.44 bits per heavy atom. The highest BCUT2D eigenvalue weighted by Crippen LogP contribution is 2.29. The first-order chi connectivity index (χ1) is 8.52. The van der Waals surface area contributed by atoms with Crippen LogP contribution in [-0.4, -0.2) is 40.2 Å². The van der Waals surface area contributed by atoms with Crippen LogP contribution in [0.25, 0.3) is 0 Å². The summed E-state index contributed by atoms with van der Waals surface area (Å²) in [6, 6.07) is 1.49. The Labute approximate surface area is 103 Å². The summed E-state index contributed by atoms with van der Waals surface area (Å²) in [6.07, 6.45) is -1.12. The van der Waals surface area contributed by atoms with Gasteiger partial charge in [-0.05, 0) is 6.07 Å². The van der Waals surface area contributed by atoms with Crippen molar-refractivity contribution in [3.63, 3.8) is 0 Å². The quantitative estimate of drug-likeness (QED) is 0.556. The van der Waals surface area contributed by atoms with Gasteiger partial charge in [0, 0.05) is 19.7 Å². The van der Waals surface area contributed by atoms with Crippen LogP contribution in [0.15, 0.2) is 17.1 Å². The summed E-state index contributed by atoms with van der Waals surface area (Å²) in [5, 5.41) is 9.82. The van der Waals surface area contributed by atoms with E-state index in [0.717, 1.165) is 0 Å². The smallest absolute Gasteiger partial charge is 0.351 e. The maximum Gasteiger partial charge on any atom is 0.351 e. The second-order valence-corrected chi connectivity index (χ2v) is 4.10. The predicted molar refractivity (Wildman–Crippen MR) is 62.4 cm³/mol. The van der Waals surface area contributed by atoms with Gasteiger partial charge in [0.05, 0.1) is 6.10 Å². The number of aliphatic hydroxyl groups is 1. The standard InChI is InChI=1S/C10H16N4O4/c1-17-9(12)8-5(15)4-7(18-8)14-3-2-6(11)13-10(14)16/h2-3,5,7-9,15H,4,12H2,1H3,(H2,11,13,16)/t5-,7+,8-,9-/m0/s1. The molecule has 1 aliphatic heterocycles. The fraction of sp³-hybridized carbons (Fsp3) is 0.600. The molecular weight excluding hydrogens is 240 g/mol. The molecular formula is C10H16N4O4. The van der Waals surface area contributed by atoms with Gasteiger partial charge in [-0.3, -0.25) is 4.57 Å². The van der Waals surface area contributed by atoms with Crippen molar-refractivity contribution in [2.45, 2.75) is 31.1 Å². The van der Waals surface area contributed by atoms with Crippen LogP contribution < -0.4 is 17.2 Å². The summed E-state index contributed by atoms with van der Waals surface area (Å²) in [7, 11) is 1.42. The Hall–Kier alpha value is -1.48. The minimum Gasteiger partial charge on any atom is -0.390 e. The van der Waals surface area contributed by atoms with Crippen LogP contribution >= 0.6 is 0 Å². The molecule has 2 heterocycles. The molecule has 4 atom stereocenters. The van der Waals surface area contributed by atoms with Gasteiger partial charge in [-0.2, -0.15) is 4.98 Å². The molecule has 1 fully saturated rings. The molecule has 1 aliphatic rings. The molecule has 0 bridgehead atoms. The van der Waals surface area contributed by atoms with Crippen molar-refractivity contribution in [1.82, 2.24) is 9.55 Å². The number of nitrogen functional groups attached to an aromatic ring is 1. The van der Waals surface area contributed by atoms with Gasteiger partial charge in [-0.15, -0.1) is 0 Å². The van der Waals surface area contributed by atoms with Crippen molar-refractivity contribution in [3.05, 3.63) is 22.7 Å². The summed E-state index contributed by atoms with van der Waals surface area (Å²) in [6.45, 7) is 0. The molecule has 0 radical (unpaired) electrons. The molecule has 100 valence electrons. The topological polar surface area (TPSA) is 126 Å². The molecule has 1 aromatic rings. The van der Waals surface area contributed by atoms with E-state index in [0.29, 0.717) is 0 Å². The molecule has 1 saturated heterocycles. The molecule has 8 nitrogen and oxygen atoms in total. The Bertz CT molecular complexity index is 477. The Morgan fingerprint density at radius 3 is 3.06 bits per heavy atom. The molecule has 18 heavy (non-hydrogen) atoms. The predicted octanol–water partition coefficient (Wildman–Crippen LogP) is -1.59. The van der Waals surface area contributed by atoms with E-state index in [2.05, 4.69) is 4.98 Å². The van der Waals surface area contributed by atoms with Crippen molar-refractivity contribution >= 4 is 5.82 Å². The minimum absolute atomic E-state index is 0.139. The maximum absolute atomic E-state index is 11.6. The van der Waals surface area contributed by atoms with Gasteiger partial charge in [0.1, 0.15) is 24.4 Å². The fourth-order valence-electron chi connectivity index (χ4n) is 1.92. The van der Waals surface area contributed by atoms with Crippen LogP contribution in [0.5, 0.6) is 0 Å². The number of hydrogen-bond donors (Lipinski definition) is 3. The first kappa shape index (κ1) is 13.0. The molecule has 0 saturated carbocycles. The molecule has 1 aromatic heterocycles. The lowest BCUT2D eigenvalue weighted by Crippen LogP contribution is -2.42. The molecule has 0 aromatic carbocycles. The summed E-state index contributed by atoms with van der Waals surface area (Å²) in [5.41, 5.74) is 10.5. The fourth-order valence-corrected chi connectivity index (χ4v) is 1.92. The van der Waals surface area contributed by atoms with Crippen LogP contribution in [0, 0.1) is 0 Å². The highest BCUT2D eigenvalue weighted by molar-refractivity contribution is 5.23. The summed E-state index contributed by atoms with van der Waals surface area (Å²) in [4.78, 5) is 15.2. The average Bonchev–Trinajstić information content (AvgIpc) is 2.70. The number of nitrogens with zero attached hydrogens (tertiary/aromatic N) is 2. The van der Waals surface area contributed by atoms with E-state index < -0.39 is 30.4 Å². The van der Waals surface area contributed by atoms with Crippen molar-refractivity contribution < 1.29 is 14.6 Å². The van der Waals surface area contributed by atoms with E-state index in [1.54, 1.807) is 0 Å². The normalized spacial score (nSPS) is 29.4. The van der Waals surface area contributed by atoms with Crippen LogP contribution in [0.2, 0.25) is 0 Å². The highest BCUT2D eigenvalue weighted by Gasteiger charge is 2.39.